The molecule has 0 bridgehead atoms. The molecule has 0 unspecified atom stereocenters. The molecule has 0 spiro atoms. The summed E-state index contributed by atoms with van der Waals surface area (Å²) in [6.45, 7) is 4.32. The summed E-state index contributed by atoms with van der Waals surface area (Å²) in [6, 6.07) is 10.00. The fourth-order valence-electron chi connectivity index (χ4n) is 1.49. The van der Waals surface area contributed by atoms with Crippen LogP contribution in [0.2, 0.25) is 0 Å². The zero-order chi connectivity index (χ0) is 13.8. The molecule has 0 amide bonds. The summed E-state index contributed by atoms with van der Waals surface area (Å²) in [4.78, 5) is 4.77. The smallest absolute Gasteiger partial charge is 0.250 e. The van der Waals surface area contributed by atoms with Crippen LogP contribution in [0.4, 0.5) is 0 Å². The van der Waals surface area contributed by atoms with Gasteiger partial charge in [-0.1, -0.05) is 36.4 Å². The molecule has 0 radical (unpaired) electrons. The molecule has 0 atom stereocenters. The molecule has 102 valence electrons. The number of ether oxygens (including phenoxy) is 1. The van der Waals surface area contributed by atoms with Crippen LogP contribution in [0.5, 0.6) is 0 Å². The molecule has 0 saturated heterocycles. The quantitative estimate of drug-likeness (QED) is 0.232. The van der Waals surface area contributed by atoms with Gasteiger partial charge in [0.2, 0.25) is 5.90 Å². The lowest BCUT2D eigenvalue weighted by Gasteiger charge is -2.04. The van der Waals surface area contributed by atoms with Crippen molar-refractivity contribution in [1.29, 1.82) is 0 Å². The highest BCUT2D eigenvalue weighted by atomic mass is 16.6. The molecule has 0 fully saturated rings. The van der Waals surface area contributed by atoms with E-state index in [4.69, 9.17) is 9.57 Å². The van der Waals surface area contributed by atoms with Gasteiger partial charge in [-0.3, -0.25) is 0 Å². The average Bonchev–Trinajstić information content (AvgIpc) is 2.45. The summed E-state index contributed by atoms with van der Waals surface area (Å²) in [6.07, 6.45) is 8.74. The van der Waals surface area contributed by atoms with Gasteiger partial charge in [-0.05, 0) is 36.1 Å². The summed E-state index contributed by atoms with van der Waals surface area (Å²) in [5, 5.41) is 3.84. The van der Waals surface area contributed by atoms with E-state index in [1.165, 1.54) is 7.11 Å². The Morgan fingerprint density at radius 3 is 2.74 bits per heavy atom. The average molecular weight is 259 g/mol. The van der Waals surface area contributed by atoms with Gasteiger partial charge < -0.3 is 9.57 Å². The third kappa shape index (κ3) is 7.09. The van der Waals surface area contributed by atoms with E-state index in [9.17, 15) is 0 Å². The van der Waals surface area contributed by atoms with Gasteiger partial charge in [-0.25, -0.2) is 0 Å². The first-order valence-corrected chi connectivity index (χ1v) is 6.45. The minimum atomic E-state index is 0.491. The van der Waals surface area contributed by atoms with Crippen molar-refractivity contribution in [2.75, 3.05) is 13.7 Å². The Balaban J connectivity index is 2.42. The first-order chi connectivity index (χ1) is 9.36. The maximum atomic E-state index is 5.55. The molecule has 0 aliphatic carbocycles. The summed E-state index contributed by atoms with van der Waals surface area (Å²) < 4.78 is 5.55. The lowest BCUT2D eigenvalue weighted by Crippen LogP contribution is -2.03. The molecule has 1 aromatic carbocycles. The van der Waals surface area contributed by atoms with Crippen LogP contribution in [0.3, 0.4) is 0 Å². The number of unbranched alkanes of at least 4 members (excludes halogenated alkanes) is 2. The number of benzene rings is 1. The molecule has 0 saturated carbocycles. The molecule has 3 heteroatoms. The summed E-state index contributed by atoms with van der Waals surface area (Å²) in [5.41, 5.74) is 1.10. The maximum Gasteiger partial charge on any atom is 0.250 e. The van der Waals surface area contributed by atoms with E-state index >= 15 is 0 Å². The lowest BCUT2D eigenvalue weighted by molar-refractivity contribution is 0.191. The van der Waals surface area contributed by atoms with E-state index in [1.807, 2.05) is 48.6 Å². The van der Waals surface area contributed by atoms with Gasteiger partial charge in [0.1, 0.15) is 7.11 Å². The van der Waals surface area contributed by atoms with Crippen molar-refractivity contribution in [3.63, 3.8) is 0 Å². The zero-order valence-corrected chi connectivity index (χ0v) is 11.4. The van der Waals surface area contributed by atoms with Gasteiger partial charge in [-0.15, -0.1) is 6.58 Å². The molecule has 0 aliphatic rings. The van der Waals surface area contributed by atoms with Crippen LogP contribution in [-0.2, 0) is 9.57 Å². The molecule has 0 N–H and O–H groups in total. The molecule has 1 rings (SSSR count). The van der Waals surface area contributed by atoms with Gasteiger partial charge in [0, 0.05) is 6.08 Å². The number of allylic oxidation sites excluding steroid dienone is 1. The van der Waals surface area contributed by atoms with Crippen molar-refractivity contribution >= 4 is 12.0 Å². The Morgan fingerprint density at radius 2 is 2.05 bits per heavy atom. The first-order valence-electron chi connectivity index (χ1n) is 6.45. The van der Waals surface area contributed by atoms with Gasteiger partial charge in [0.05, 0.1) is 6.61 Å². The summed E-state index contributed by atoms with van der Waals surface area (Å²) >= 11 is 0. The molecular weight excluding hydrogens is 238 g/mol. The Bertz CT molecular complexity index is 410. The van der Waals surface area contributed by atoms with Crippen molar-refractivity contribution in [3.8, 4) is 0 Å². The first kappa shape index (κ1) is 15.0. The number of hydrogen-bond acceptors (Lipinski definition) is 3. The SMILES string of the molecule is C=CCCCCOC(/C=C/c1ccccc1)=N/OC. The minimum Gasteiger partial charge on any atom is -0.476 e. The van der Waals surface area contributed by atoms with Crippen molar-refractivity contribution in [3.05, 3.63) is 54.6 Å². The zero-order valence-electron chi connectivity index (χ0n) is 11.4. The van der Waals surface area contributed by atoms with E-state index in [-0.39, 0.29) is 0 Å². The van der Waals surface area contributed by atoms with E-state index < -0.39 is 0 Å². The second-order valence-corrected chi connectivity index (χ2v) is 3.99. The molecule has 0 heterocycles. The fraction of sp³-hybridized carbons (Fsp3) is 0.312. The van der Waals surface area contributed by atoms with E-state index in [2.05, 4.69) is 11.7 Å². The highest BCUT2D eigenvalue weighted by Gasteiger charge is 1.96. The molecule has 1 aromatic rings. The van der Waals surface area contributed by atoms with E-state index in [1.54, 1.807) is 0 Å². The molecule has 0 aliphatic heterocycles. The largest absolute Gasteiger partial charge is 0.476 e. The Morgan fingerprint density at radius 1 is 1.26 bits per heavy atom. The Kier molecular flexibility index (Phi) is 7.87. The molecular formula is C16H21NO2. The molecule has 0 aromatic heterocycles. The van der Waals surface area contributed by atoms with Crippen molar-refractivity contribution < 1.29 is 9.57 Å². The third-order valence-electron chi connectivity index (χ3n) is 2.45. The summed E-state index contributed by atoms with van der Waals surface area (Å²) in [5.74, 6) is 0.491. The highest BCUT2D eigenvalue weighted by Crippen LogP contribution is 2.03. The second kappa shape index (κ2) is 9.95. The monoisotopic (exact) mass is 259 g/mol. The second-order valence-electron chi connectivity index (χ2n) is 3.99. The van der Waals surface area contributed by atoms with Gasteiger partial charge >= 0.3 is 0 Å². The van der Waals surface area contributed by atoms with Crippen LogP contribution in [0.1, 0.15) is 24.8 Å². The Hall–Kier alpha value is -2.03. The normalized spacial score (nSPS) is 11.5. The van der Waals surface area contributed by atoms with E-state index in [0.717, 1.165) is 24.8 Å². The highest BCUT2D eigenvalue weighted by molar-refractivity contribution is 5.91. The third-order valence-corrected chi connectivity index (χ3v) is 2.45. The van der Waals surface area contributed by atoms with Crippen molar-refractivity contribution in [1.82, 2.24) is 0 Å². The van der Waals surface area contributed by atoms with Crippen LogP contribution >= 0.6 is 0 Å². The predicted octanol–water partition coefficient (Wildman–Crippen LogP) is 4.03. The minimum absolute atomic E-state index is 0.491. The van der Waals surface area contributed by atoms with Crippen LogP contribution in [0.25, 0.3) is 6.08 Å². The number of hydrogen-bond donors (Lipinski definition) is 0. The lowest BCUT2D eigenvalue weighted by atomic mass is 10.2. The fourth-order valence-corrected chi connectivity index (χ4v) is 1.49. The summed E-state index contributed by atoms with van der Waals surface area (Å²) in [7, 11) is 1.51. The number of rotatable bonds is 8. The molecule has 3 nitrogen and oxygen atoms in total. The van der Waals surface area contributed by atoms with Crippen LogP contribution in [-0.4, -0.2) is 19.6 Å². The van der Waals surface area contributed by atoms with Crippen molar-refractivity contribution in [2.24, 2.45) is 5.16 Å². The number of oxime groups is 1. The Labute approximate surface area is 115 Å². The van der Waals surface area contributed by atoms with Crippen molar-refractivity contribution in [2.45, 2.75) is 19.3 Å². The number of nitrogens with zero attached hydrogens (tertiary/aromatic N) is 1. The van der Waals surface area contributed by atoms with Crippen LogP contribution in [0, 0.1) is 0 Å². The van der Waals surface area contributed by atoms with E-state index in [0.29, 0.717) is 12.5 Å². The van der Waals surface area contributed by atoms with Crippen LogP contribution in [0.15, 0.2) is 54.2 Å². The maximum absolute atomic E-state index is 5.55. The van der Waals surface area contributed by atoms with Gasteiger partial charge in [0.25, 0.3) is 0 Å². The molecule has 19 heavy (non-hydrogen) atoms. The predicted molar refractivity (Wildman–Crippen MR) is 79.9 cm³/mol. The van der Waals surface area contributed by atoms with Gasteiger partial charge in [-0.2, -0.15) is 0 Å². The standard InChI is InChI=1S/C16H21NO2/c1-3-4-5-9-14-19-16(17-18-2)13-12-15-10-7-6-8-11-15/h3,6-8,10-13H,1,4-5,9,14H2,2H3/b13-12+,17-16+. The van der Waals surface area contributed by atoms with Gasteiger partial charge in [0.15, 0.2) is 0 Å². The topological polar surface area (TPSA) is 30.8 Å². The van der Waals surface area contributed by atoms with Crippen LogP contribution < -0.4 is 0 Å².